The molecule has 0 fully saturated rings. The van der Waals surface area contributed by atoms with Crippen LogP contribution in [0.2, 0.25) is 0 Å². The Bertz CT molecular complexity index is 332. The van der Waals surface area contributed by atoms with Crippen LogP contribution in [0, 0.1) is 10.1 Å². The number of nitro benzene ring substituents is 1. The number of anilines is 1. The fraction of sp³-hybridized carbons (Fsp3) is 0.143. The molecule has 3 N–H and O–H groups in total. The lowest BCUT2D eigenvalue weighted by Crippen LogP contribution is -2.08. The minimum absolute atomic E-state index is 0. The lowest BCUT2D eigenvalue weighted by molar-refractivity contribution is -0.384. The number of nitro groups is 1. The monoisotopic (exact) mass is 263 g/mol. The van der Waals surface area contributed by atoms with E-state index in [4.69, 9.17) is 10.6 Å². The highest BCUT2D eigenvalue weighted by molar-refractivity contribution is 8.93. The number of methoxy groups -OCH3 is 1. The zero-order chi connectivity index (χ0) is 9.84. The van der Waals surface area contributed by atoms with E-state index in [1.807, 2.05) is 0 Å². The molecule has 0 aliphatic rings. The second kappa shape index (κ2) is 5.40. The Morgan fingerprint density at radius 2 is 2.21 bits per heavy atom. The highest BCUT2D eigenvalue weighted by atomic mass is 79.9. The number of halogens is 1. The van der Waals surface area contributed by atoms with Crippen LogP contribution in [0.4, 0.5) is 11.4 Å². The maximum absolute atomic E-state index is 10.5. The van der Waals surface area contributed by atoms with Crippen molar-refractivity contribution in [3.63, 3.8) is 0 Å². The highest BCUT2D eigenvalue weighted by Crippen LogP contribution is 2.27. The first-order valence-corrected chi connectivity index (χ1v) is 3.48. The van der Waals surface area contributed by atoms with Crippen molar-refractivity contribution >= 4 is 28.4 Å². The van der Waals surface area contributed by atoms with Crippen LogP contribution in [-0.2, 0) is 0 Å². The Morgan fingerprint density at radius 3 is 2.64 bits per heavy atom. The molecule has 0 radical (unpaired) electrons. The Labute approximate surface area is 90.9 Å². The molecule has 0 saturated heterocycles. The number of benzene rings is 1. The number of ether oxygens (including phenoxy) is 1. The highest BCUT2D eigenvalue weighted by Gasteiger charge is 2.13. The molecular formula is C7H10BrN3O3. The van der Waals surface area contributed by atoms with Gasteiger partial charge in [0.15, 0.2) is 0 Å². The summed E-state index contributed by atoms with van der Waals surface area (Å²) < 4.78 is 4.83. The van der Waals surface area contributed by atoms with Gasteiger partial charge in [0, 0.05) is 0 Å². The summed E-state index contributed by atoms with van der Waals surface area (Å²) in [5.74, 6) is 5.51. The predicted molar refractivity (Wildman–Crippen MR) is 57.8 cm³/mol. The molecular weight excluding hydrogens is 254 g/mol. The van der Waals surface area contributed by atoms with E-state index in [-0.39, 0.29) is 28.4 Å². The van der Waals surface area contributed by atoms with E-state index in [1.54, 1.807) is 6.07 Å². The van der Waals surface area contributed by atoms with E-state index < -0.39 is 4.92 Å². The Kier molecular flexibility index (Phi) is 4.89. The molecule has 1 aromatic rings. The number of hydrazine groups is 1. The standard InChI is InChI=1S/C7H9N3O3.BrH/c1-13-5-2-3-6(9-8)7(4-5)10(11)12;/h2-4,9H,8H2,1H3;1H. The number of nitrogens with zero attached hydrogens (tertiary/aromatic N) is 1. The predicted octanol–water partition coefficient (Wildman–Crippen LogP) is 1.47. The van der Waals surface area contributed by atoms with E-state index in [0.29, 0.717) is 5.75 Å². The van der Waals surface area contributed by atoms with Crippen LogP contribution < -0.4 is 16.0 Å². The second-order valence-electron chi connectivity index (χ2n) is 2.28. The first kappa shape index (κ1) is 12.7. The van der Waals surface area contributed by atoms with E-state index in [2.05, 4.69) is 5.43 Å². The van der Waals surface area contributed by atoms with Gasteiger partial charge in [0.25, 0.3) is 5.69 Å². The molecule has 0 aromatic heterocycles. The van der Waals surface area contributed by atoms with Gasteiger partial charge in [0.05, 0.1) is 18.1 Å². The van der Waals surface area contributed by atoms with Crippen molar-refractivity contribution in [1.82, 2.24) is 0 Å². The van der Waals surface area contributed by atoms with Crippen molar-refractivity contribution in [3.8, 4) is 5.75 Å². The van der Waals surface area contributed by atoms with E-state index in [0.717, 1.165) is 0 Å². The third kappa shape index (κ3) is 2.57. The normalized spacial score (nSPS) is 8.71. The Balaban J connectivity index is 0.00000169. The molecule has 0 atom stereocenters. The summed E-state index contributed by atoms with van der Waals surface area (Å²) in [5, 5.41) is 10.5. The van der Waals surface area contributed by atoms with Crippen LogP contribution >= 0.6 is 17.0 Å². The molecule has 78 valence electrons. The third-order valence-electron chi connectivity index (χ3n) is 1.56. The Morgan fingerprint density at radius 1 is 1.57 bits per heavy atom. The van der Waals surface area contributed by atoms with E-state index >= 15 is 0 Å². The smallest absolute Gasteiger partial charge is 0.297 e. The topological polar surface area (TPSA) is 90.4 Å². The van der Waals surface area contributed by atoms with Crippen LogP contribution in [0.5, 0.6) is 5.75 Å². The molecule has 0 heterocycles. The van der Waals surface area contributed by atoms with Gasteiger partial charge in [0.1, 0.15) is 11.4 Å². The van der Waals surface area contributed by atoms with Gasteiger partial charge in [-0.2, -0.15) is 0 Å². The van der Waals surface area contributed by atoms with Crippen LogP contribution in [0.15, 0.2) is 18.2 Å². The first-order valence-electron chi connectivity index (χ1n) is 3.48. The molecule has 0 spiro atoms. The molecule has 0 unspecified atom stereocenters. The summed E-state index contributed by atoms with van der Waals surface area (Å²) in [6.45, 7) is 0. The van der Waals surface area contributed by atoms with Gasteiger partial charge >= 0.3 is 0 Å². The quantitative estimate of drug-likeness (QED) is 0.490. The van der Waals surface area contributed by atoms with E-state index in [1.165, 1.54) is 19.2 Å². The third-order valence-corrected chi connectivity index (χ3v) is 1.56. The first-order chi connectivity index (χ1) is 6.19. The van der Waals surface area contributed by atoms with Crippen molar-refractivity contribution in [1.29, 1.82) is 0 Å². The summed E-state index contributed by atoms with van der Waals surface area (Å²) in [7, 11) is 1.44. The molecule has 14 heavy (non-hydrogen) atoms. The van der Waals surface area contributed by atoms with Crippen LogP contribution in [0.3, 0.4) is 0 Å². The number of nitrogen functional groups attached to an aromatic ring is 1. The maximum atomic E-state index is 10.5. The molecule has 1 aromatic carbocycles. The van der Waals surface area contributed by atoms with Crippen LogP contribution in [0.1, 0.15) is 0 Å². The number of hydrogen-bond donors (Lipinski definition) is 2. The largest absolute Gasteiger partial charge is 0.496 e. The van der Waals surface area contributed by atoms with Crippen molar-refractivity contribution in [2.24, 2.45) is 5.84 Å². The zero-order valence-electron chi connectivity index (χ0n) is 7.39. The van der Waals surface area contributed by atoms with Crippen molar-refractivity contribution < 1.29 is 9.66 Å². The number of nitrogens with two attached hydrogens (primary N) is 1. The summed E-state index contributed by atoms with van der Waals surface area (Å²) in [4.78, 5) is 9.97. The van der Waals surface area contributed by atoms with Crippen molar-refractivity contribution in [2.45, 2.75) is 0 Å². The molecule has 0 aliphatic carbocycles. The van der Waals surface area contributed by atoms with Crippen molar-refractivity contribution in [2.75, 3.05) is 12.5 Å². The van der Waals surface area contributed by atoms with E-state index in [9.17, 15) is 10.1 Å². The molecule has 7 heteroatoms. The summed E-state index contributed by atoms with van der Waals surface area (Å²) in [5.41, 5.74) is 2.38. The number of hydrogen-bond acceptors (Lipinski definition) is 5. The molecule has 0 amide bonds. The van der Waals surface area contributed by atoms with Crippen LogP contribution in [0.25, 0.3) is 0 Å². The van der Waals surface area contributed by atoms with Gasteiger partial charge in [-0.05, 0) is 12.1 Å². The summed E-state index contributed by atoms with van der Waals surface area (Å²) in [6, 6.07) is 4.37. The zero-order valence-corrected chi connectivity index (χ0v) is 9.10. The number of rotatable bonds is 3. The van der Waals surface area contributed by atoms with Crippen molar-refractivity contribution in [3.05, 3.63) is 28.3 Å². The molecule has 1 rings (SSSR count). The van der Waals surface area contributed by atoms with Crippen LogP contribution in [-0.4, -0.2) is 12.0 Å². The molecule has 0 saturated carbocycles. The van der Waals surface area contributed by atoms with Gasteiger partial charge in [-0.3, -0.25) is 16.0 Å². The molecule has 0 aliphatic heterocycles. The summed E-state index contributed by atoms with van der Waals surface area (Å²) >= 11 is 0. The minimum atomic E-state index is -0.530. The number of nitrogens with one attached hydrogen (secondary N) is 1. The fourth-order valence-electron chi connectivity index (χ4n) is 0.912. The van der Waals surface area contributed by atoms with Gasteiger partial charge < -0.3 is 10.2 Å². The van der Waals surface area contributed by atoms with Gasteiger partial charge in [-0.15, -0.1) is 17.0 Å². The molecule has 6 nitrogen and oxygen atoms in total. The SMILES string of the molecule is Br.COc1ccc(NN)c([N+](=O)[O-])c1. The van der Waals surface area contributed by atoms with Gasteiger partial charge in [-0.1, -0.05) is 0 Å². The minimum Gasteiger partial charge on any atom is -0.496 e. The molecule has 0 bridgehead atoms. The second-order valence-corrected chi connectivity index (χ2v) is 2.28. The maximum Gasteiger partial charge on any atom is 0.297 e. The van der Waals surface area contributed by atoms with Gasteiger partial charge in [0.2, 0.25) is 0 Å². The lowest BCUT2D eigenvalue weighted by Gasteiger charge is -2.03. The summed E-state index contributed by atoms with van der Waals surface area (Å²) in [6.07, 6.45) is 0. The lowest BCUT2D eigenvalue weighted by atomic mass is 10.2. The average molecular weight is 264 g/mol. The Hall–Kier alpha value is -1.34. The fourth-order valence-corrected chi connectivity index (χ4v) is 0.912. The van der Waals surface area contributed by atoms with Gasteiger partial charge in [-0.25, -0.2) is 0 Å². The average Bonchev–Trinajstić information content (AvgIpc) is 2.16.